The minimum Gasteiger partial charge on any atom is -0.300 e. The van der Waals surface area contributed by atoms with E-state index in [0.717, 1.165) is 6.07 Å². The van der Waals surface area contributed by atoms with E-state index in [-0.39, 0.29) is 22.4 Å². The lowest BCUT2D eigenvalue weighted by atomic mass is 9.95. The lowest BCUT2D eigenvalue weighted by Gasteiger charge is -2.37. The van der Waals surface area contributed by atoms with E-state index in [0.29, 0.717) is 25.2 Å². The van der Waals surface area contributed by atoms with Crippen molar-refractivity contribution >= 4 is 15.7 Å². The van der Waals surface area contributed by atoms with Crippen LogP contribution in [0.5, 0.6) is 0 Å². The van der Waals surface area contributed by atoms with Crippen molar-refractivity contribution in [1.29, 1.82) is 5.26 Å². The van der Waals surface area contributed by atoms with Crippen molar-refractivity contribution in [1.82, 2.24) is 4.90 Å². The number of nitrogens with zero attached hydrogens (tertiary/aromatic N) is 3. The van der Waals surface area contributed by atoms with Crippen LogP contribution in [0, 0.1) is 27.4 Å². The summed E-state index contributed by atoms with van der Waals surface area (Å²) in [5.74, 6) is -0.261. The zero-order valence-electron chi connectivity index (χ0n) is 12.0. The number of nitro benzene ring substituents is 1. The van der Waals surface area contributed by atoms with Gasteiger partial charge in [-0.25, -0.2) is 13.6 Å². The maximum Gasteiger partial charge on any atom is 0.269 e. The third-order valence-electron chi connectivity index (χ3n) is 3.71. The normalized spacial score (nSPS) is 17.5. The lowest BCUT2D eigenvalue weighted by molar-refractivity contribution is -0.385. The van der Waals surface area contributed by atoms with Crippen molar-refractivity contribution in [3.05, 3.63) is 33.9 Å². The van der Waals surface area contributed by atoms with Gasteiger partial charge in [-0.15, -0.1) is 0 Å². The second-order valence-electron chi connectivity index (χ2n) is 5.47. The summed E-state index contributed by atoms with van der Waals surface area (Å²) < 4.78 is 23.3. The Balaban J connectivity index is 2.29. The van der Waals surface area contributed by atoms with E-state index in [1.165, 1.54) is 12.1 Å². The molecule has 0 radical (unpaired) electrons. The first-order valence-corrected chi connectivity index (χ1v) is 8.20. The third-order valence-corrected chi connectivity index (χ3v) is 4.70. The molecule has 1 aliphatic heterocycles. The van der Waals surface area contributed by atoms with Crippen molar-refractivity contribution < 1.29 is 13.3 Å². The van der Waals surface area contributed by atoms with Crippen LogP contribution in [0.2, 0.25) is 0 Å². The molecule has 0 bridgehead atoms. The maximum absolute atomic E-state index is 11.7. The predicted molar refractivity (Wildman–Crippen MR) is 78.4 cm³/mol. The second-order valence-corrected chi connectivity index (χ2v) is 7.00. The summed E-state index contributed by atoms with van der Waals surface area (Å²) in [4.78, 5) is 12.2. The molecule has 118 valence electrons. The topological polar surface area (TPSA) is 130 Å². The molecule has 0 unspecified atom stereocenters. The Morgan fingerprint density at radius 3 is 2.68 bits per heavy atom. The summed E-state index contributed by atoms with van der Waals surface area (Å²) in [6, 6.07) is 5.72. The van der Waals surface area contributed by atoms with Crippen LogP contribution >= 0.6 is 0 Å². The van der Waals surface area contributed by atoms with Crippen LogP contribution in [-0.2, 0) is 10.0 Å². The maximum atomic E-state index is 11.7. The molecule has 0 spiro atoms. The molecule has 1 atom stereocenters. The molecule has 9 heteroatoms. The number of hydrogen-bond donors (Lipinski definition) is 1. The monoisotopic (exact) mass is 324 g/mol. The van der Waals surface area contributed by atoms with Crippen molar-refractivity contribution in [2.75, 3.05) is 19.6 Å². The highest BCUT2D eigenvalue weighted by Crippen LogP contribution is 2.29. The van der Waals surface area contributed by atoms with Crippen molar-refractivity contribution in [2.45, 2.75) is 17.7 Å². The molecule has 1 aromatic rings. The quantitative estimate of drug-likeness (QED) is 0.629. The summed E-state index contributed by atoms with van der Waals surface area (Å²) in [6.07, 6.45) is 0. The van der Waals surface area contributed by atoms with Crippen LogP contribution in [0.25, 0.3) is 0 Å². The third kappa shape index (κ3) is 3.41. The molecule has 1 heterocycles. The zero-order valence-corrected chi connectivity index (χ0v) is 12.8. The number of nitriles is 1. The fourth-order valence-electron chi connectivity index (χ4n) is 2.58. The Hall–Kier alpha value is -2.02. The largest absolute Gasteiger partial charge is 0.300 e. The van der Waals surface area contributed by atoms with Gasteiger partial charge in [0.2, 0.25) is 10.0 Å². The summed E-state index contributed by atoms with van der Waals surface area (Å²) in [6.45, 7) is 3.55. The Bertz CT molecular complexity index is 735. The highest BCUT2D eigenvalue weighted by Gasteiger charge is 2.29. The Morgan fingerprint density at radius 2 is 2.18 bits per heavy atom. The van der Waals surface area contributed by atoms with Gasteiger partial charge in [0.25, 0.3) is 5.69 Å². The van der Waals surface area contributed by atoms with E-state index >= 15 is 0 Å². The number of nitro groups is 1. The average Bonchev–Trinajstić information content (AvgIpc) is 2.40. The van der Waals surface area contributed by atoms with Crippen LogP contribution in [0.15, 0.2) is 23.1 Å². The summed E-state index contributed by atoms with van der Waals surface area (Å²) in [7, 11) is -3.95. The molecule has 2 rings (SSSR count). The minimum absolute atomic E-state index is 0.00461. The molecular formula is C13H16N4O4S. The van der Waals surface area contributed by atoms with Gasteiger partial charge in [-0.3, -0.25) is 10.1 Å². The van der Waals surface area contributed by atoms with Gasteiger partial charge < -0.3 is 4.90 Å². The molecule has 0 aromatic heterocycles. The molecule has 2 N–H and O–H groups in total. The average molecular weight is 324 g/mol. The van der Waals surface area contributed by atoms with Crippen LogP contribution in [0.1, 0.15) is 18.4 Å². The fourth-order valence-corrected chi connectivity index (χ4v) is 3.43. The highest BCUT2D eigenvalue weighted by molar-refractivity contribution is 7.89. The standard InChI is InChI=1S/C13H16N4O4S/c1-9(6-16-7-10(5-14)8-16)12-4-11(17(18)19)2-3-13(12)22(15,20)21/h2-4,9-10H,6-8H2,1H3,(H2,15,20,21)/t9-/m0/s1. The predicted octanol–water partition coefficient (Wildman–Crippen LogP) is 0.801. The van der Waals surface area contributed by atoms with Gasteiger partial charge in [0, 0.05) is 31.8 Å². The summed E-state index contributed by atoms with van der Waals surface area (Å²) >= 11 is 0. The lowest BCUT2D eigenvalue weighted by Crippen LogP contribution is -2.47. The first-order valence-electron chi connectivity index (χ1n) is 6.65. The van der Waals surface area contributed by atoms with Gasteiger partial charge >= 0.3 is 0 Å². The number of nitrogens with two attached hydrogens (primary N) is 1. The van der Waals surface area contributed by atoms with Crippen molar-refractivity contribution in [3.63, 3.8) is 0 Å². The molecule has 0 amide bonds. The van der Waals surface area contributed by atoms with Crippen LogP contribution in [0.3, 0.4) is 0 Å². The number of likely N-dealkylation sites (tertiary alicyclic amines) is 1. The van der Waals surface area contributed by atoms with Gasteiger partial charge in [0.1, 0.15) is 0 Å². The number of hydrogen-bond acceptors (Lipinski definition) is 6. The van der Waals surface area contributed by atoms with Crippen LogP contribution in [0.4, 0.5) is 5.69 Å². The molecule has 1 aliphatic rings. The van der Waals surface area contributed by atoms with E-state index in [1.54, 1.807) is 6.92 Å². The van der Waals surface area contributed by atoms with Crippen molar-refractivity contribution in [2.24, 2.45) is 11.1 Å². The smallest absolute Gasteiger partial charge is 0.269 e. The van der Waals surface area contributed by atoms with Crippen LogP contribution in [-0.4, -0.2) is 37.9 Å². The van der Waals surface area contributed by atoms with Gasteiger partial charge in [0.15, 0.2) is 0 Å². The van der Waals surface area contributed by atoms with Gasteiger partial charge in [-0.2, -0.15) is 5.26 Å². The summed E-state index contributed by atoms with van der Waals surface area (Å²) in [5.41, 5.74) is 0.157. The summed E-state index contributed by atoms with van der Waals surface area (Å²) in [5, 5.41) is 24.8. The second kappa shape index (κ2) is 6.00. The Morgan fingerprint density at radius 1 is 1.55 bits per heavy atom. The molecule has 1 aromatic carbocycles. The van der Waals surface area contributed by atoms with Gasteiger partial charge in [0.05, 0.1) is 21.8 Å². The van der Waals surface area contributed by atoms with Crippen molar-refractivity contribution in [3.8, 4) is 6.07 Å². The van der Waals surface area contributed by atoms with E-state index in [4.69, 9.17) is 10.4 Å². The number of non-ortho nitro benzene ring substituents is 1. The van der Waals surface area contributed by atoms with E-state index in [9.17, 15) is 18.5 Å². The fraction of sp³-hybridized carbons (Fsp3) is 0.462. The van der Waals surface area contributed by atoms with Gasteiger partial charge in [-0.1, -0.05) is 6.92 Å². The Labute approximate surface area is 128 Å². The number of rotatable bonds is 5. The number of sulfonamides is 1. The SMILES string of the molecule is C[C@@H](CN1CC(C#N)C1)c1cc([N+](=O)[O-])ccc1S(N)(=O)=O. The molecule has 1 saturated heterocycles. The number of benzene rings is 1. The highest BCUT2D eigenvalue weighted by atomic mass is 32.2. The molecule has 0 saturated carbocycles. The molecule has 8 nitrogen and oxygen atoms in total. The molecule has 22 heavy (non-hydrogen) atoms. The number of primary sulfonamides is 1. The van der Waals surface area contributed by atoms with Gasteiger partial charge in [-0.05, 0) is 17.5 Å². The minimum atomic E-state index is -3.95. The molecule has 0 aliphatic carbocycles. The zero-order chi connectivity index (χ0) is 16.5. The first kappa shape index (κ1) is 16.4. The van der Waals surface area contributed by atoms with E-state index < -0.39 is 14.9 Å². The van der Waals surface area contributed by atoms with E-state index in [1.807, 2.05) is 4.90 Å². The molecular weight excluding hydrogens is 308 g/mol. The van der Waals surface area contributed by atoms with E-state index in [2.05, 4.69) is 6.07 Å². The molecule has 1 fully saturated rings. The van der Waals surface area contributed by atoms with Crippen LogP contribution < -0.4 is 5.14 Å². The first-order chi connectivity index (χ1) is 10.2. The Kier molecular flexibility index (Phi) is 4.46.